The van der Waals surface area contributed by atoms with Crippen LogP contribution in [0.3, 0.4) is 0 Å². The Balaban J connectivity index is 2.27. The van der Waals surface area contributed by atoms with Gasteiger partial charge in [-0.2, -0.15) is 0 Å². The Bertz CT molecular complexity index is 334. The van der Waals surface area contributed by atoms with Crippen molar-refractivity contribution in [3.8, 4) is 0 Å². The first-order valence-electron chi connectivity index (χ1n) is 8.26. The Hall–Kier alpha value is -0.890. The molecule has 0 fully saturated rings. The van der Waals surface area contributed by atoms with Crippen molar-refractivity contribution in [2.24, 2.45) is 0 Å². The molecule has 0 spiro atoms. The van der Waals surface area contributed by atoms with E-state index in [1.807, 2.05) is 12.1 Å². The van der Waals surface area contributed by atoms with Crippen molar-refractivity contribution in [3.05, 3.63) is 35.6 Å². The second kappa shape index (κ2) is 10.8. The molecule has 20 heavy (non-hydrogen) atoms. The van der Waals surface area contributed by atoms with Crippen LogP contribution < -0.4 is 5.32 Å². The maximum Gasteiger partial charge on any atom is 0.123 e. The summed E-state index contributed by atoms with van der Waals surface area (Å²) in [5.74, 6) is -0.153. The van der Waals surface area contributed by atoms with E-state index in [-0.39, 0.29) is 5.82 Å². The molecule has 0 heterocycles. The van der Waals surface area contributed by atoms with Crippen LogP contribution in [0.2, 0.25) is 0 Å². The average Bonchev–Trinajstić information content (AvgIpc) is 2.46. The molecule has 0 bridgehead atoms. The van der Waals surface area contributed by atoms with E-state index in [4.69, 9.17) is 0 Å². The monoisotopic (exact) mass is 279 g/mol. The molecule has 2 heteroatoms. The fourth-order valence-corrected chi connectivity index (χ4v) is 2.63. The fourth-order valence-electron chi connectivity index (χ4n) is 2.63. The third-order valence-electron chi connectivity index (χ3n) is 3.82. The van der Waals surface area contributed by atoms with E-state index in [1.165, 1.54) is 50.5 Å². The zero-order valence-corrected chi connectivity index (χ0v) is 13.1. The SMILES string of the molecule is CCCCCCCCCC(NCC)c1ccc(F)cc1. The van der Waals surface area contributed by atoms with Crippen LogP contribution in [0.5, 0.6) is 0 Å². The number of hydrogen-bond donors (Lipinski definition) is 1. The topological polar surface area (TPSA) is 12.0 Å². The Kier molecular flexibility index (Phi) is 9.31. The number of rotatable bonds is 11. The minimum absolute atomic E-state index is 0.153. The Labute approximate surface area is 124 Å². The minimum atomic E-state index is -0.153. The highest BCUT2D eigenvalue weighted by Gasteiger charge is 2.09. The Morgan fingerprint density at radius 2 is 1.50 bits per heavy atom. The first-order chi connectivity index (χ1) is 9.77. The molecule has 0 aromatic heterocycles. The number of benzene rings is 1. The number of nitrogens with one attached hydrogen (secondary N) is 1. The molecule has 0 saturated carbocycles. The van der Waals surface area contributed by atoms with E-state index < -0.39 is 0 Å². The van der Waals surface area contributed by atoms with Crippen LogP contribution in [0.25, 0.3) is 0 Å². The highest BCUT2D eigenvalue weighted by molar-refractivity contribution is 5.19. The van der Waals surface area contributed by atoms with Crippen LogP contribution in [0, 0.1) is 5.82 Å². The summed E-state index contributed by atoms with van der Waals surface area (Å²) in [7, 11) is 0. The van der Waals surface area contributed by atoms with Gasteiger partial charge in [-0.15, -0.1) is 0 Å². The van der Waals surface area contributed by atoms with Gasteiger partial charge in [-0.3, -0.25) is 0 Å². The molecular weight excluding hydrogens is 249 g/mol. The van der Waals surface area contributed by atoms with Gasteiger partial charge in [-0.1, -0.05) is 70.9 Å². The third kappa shape index (κ3) is 7.04. The highest BCUT2D eigenvalue weighted by Crippen LogP contribution is 2.21. The Morgan fingerprint density at radius 3 is 2.10 bits per heavy atom. The van der Waals surface area contributed by atoms with E-state index in [0.29, 0.717) is 6.04 Å². The maximum atomic E-state index is 13.0. The maximum absolute atomic E-state index is 13.0. The second-order valence-corrected chi connectivity index (χ2v) is 5.57. The molecule has 1 atom stereocenters. The van der Waals surface area contributed by atoms with Crippen molar-refractivity contribution in [1.29, 1.82) is 0 Å². The standard InChI is InChI=1S/C18H30FN/c1-3-5-6-7-8-9-10-11-18(20-4-2)16-12-14-17(19)15-13-16/h12-15,18,20H,3-11H2,1-2H3. The summed E-state index contributed by atoms with van der Waals surface area (Å²) < 4.78 is 13.0. The summed E-state index contributed by atoms with van der Waals surface area (Å²) in [6.45, 7) is 5.34. The largest absolute Gasteiger partial charge is 0.310 e. The average molecular weight is 279 g/mol. The van der Waals surface area contributed by atoms with Gasteiger partial charge in [-0.05, 0) is 30.7 Å². The first-order valence-corrected chi connectivity index (χ1v) is 8.26. The van der Waals surface area contributed by atoms with E-state index in [1.54, 1.807) is 12.1 Å². The molecule has 0 radical (unpaired) electrons. The summed E-state index contributed by atoms with van der Waals surface area (Å²) in [4.78, 5) is 0. The van der Waals surface area contributed by atoms with Gasteiger partial charge >= 0.3 is 0 Å². The molecule has 1 nitrogen and oxygen atoms in total. The fraction of sp³-hybridized carbons (Fsp3) is 0.667. The van der Waals surface area contributed by atoms with Crippen molar-refractivity contribution >= 4 is 0 Å². The van der Waals surface area contributed by atoms with Crippen LogP contribution in [-0.4, -0.2) is 6.54 Å². The van der Waals surface area contributed by atoms with Gasteiger partial charge in [0.2, 0.25) is 0 Å². The summed E-state index contributed by atoms with van der Waals surface area (Å²) >= 11 is 0. The number of unbranched alkanes of at least 4 members (excludes halogenated alkanes) is 6. The molecule has 1 unspecified atom stereocenters. The van der Waals surface area contributed by atoms with Gasteiger partial charge < -0.3 is 5.32 Å². The van der Waals surface area contributed by atoms with Gasteiger partial charge in [0.25, 0.3) is 0 Å². The molecule has 114 valence electrons. The lowest BCUT2D eigenvalue weighted by Gasteiger charge is -2.18. The molecular formula is C18H30FN. The van der Waals surface area contributed by atoms with Crippen molar-refractivity contribution < 1.29 is 4.39 Å². The summed E-state index contributed by atoms with van der Waals surface area (Å²) in [5.41, 5.74) is 1.21. The second-order valence-electron chi connectivity index (χ2n) is 5.57. The van der Waals surface area contributed by atoms with Gasteiger partial charge in [0.1, 0.15) is 5.82 Å². The quantitative estimate of drug-likeness (QED) is 0.519. The molecule has 0 amide bonds. The molecule has 1 N–H and O–H groups in total. The predicted molar refractivity (Wildman–Crippen MR) is 85.4 cm³/mol. The normalized spacial score (nSPS) is 12.6. The lowest BCUT2D eigenvalue weighted by atomic mass is 9.99. The molecule has 1 aromatic rings. The number of hydrogen-bond acceptors (Lipinski definition) is 1. The molecule has 1 aromatic carbocycles. The molecule has 0 aliphatic heterocycles. The molecule has 0 aliphatic rings. The van der Waals surface area contributed by atoms with Gasteiger partial charge in [-0.25, -0.2) is 4.39 Å². The van der Waals surface area contributed by atoms with Gasteiger partial charge in [0, 0.05) is 6.04 Å². The smallest absolute Gasteiger partial charge is 0.123 e. The third-order valence-corrected chi connectivity index (χ3v) is 3.82. The van der Waals surface area contributed by atoms with E-state index in [0.717, 1.165) is 13.0 Å². The highest BCUT2D eigenvalue weighted by atomic mass is 19.1. The van der Waals surface area contributed by atoms with Gasteiger partial charge in [0.05, 0.1) is 0 Å². The van der Waals surface area contributed by atoms with Crippen LogP contribution in [0.1, 0.15) is 76.8 Å². The van der Waals surface area contributed by atoms with E-state index >= 15 is 0 Å². The van der Waals surface area contributed by atoms with Crippen molar-refractivity contribution in [2.45, 2.75) is 71.3 Å². The molecule has 1 rings (SSSR count). The summed E-state index contributed by atoms with van der Waals surface area (Å²) in [5, 5.41) is 3.51. The molecule has 0 saturated heterocycles. The van der Waals surface area contributed by atoms with Crippen LogP contribution >= 0.6 is 0 Å². The van der Waals surface area contributed by atoms with Crippen LogP contribution in [0.15, 0.2) is 24.3 Å². The van der Waals surface area contributed by atoms with Crippen LogP contribution in [0.4, 0.5) is 4.39 Å². The van der Waals surface area contributed by atoms with Crippen LogP contribution in [-0.2, 0) is 0 Å². The minimum Gasteiger partial charge on any atom is -0.310 e. The van der Waals surface area contributed by atoms with Crippen molar-refractivity contribution in [2.75, 3.05) is 6.54 Å². The summed E-state index contributed by atoms with van der Waals surface area (Å²) in [6, 6.07) is 7.30. The van der Waals surface area contributed by atoms with Gasteiger partial charge in [0.15, 0.2) is 0 Å². The first kappa shape index (κ1) is 17.2. The lowest BCUT2D eigenvalue weighted by molar-refractivity contribution is 0.475. The van der Waals surface area contributed by atoms with E-state index in [9.17, 15) is 4.39 Å². The number of halogens is 1. The van der Waals surface area contributed by atoms with Crippen molar-refractivity contribution in [3.63, 3.8) is 0 Å². The van der Waals surface area contributed by atoms with Crippen molar-refractivity contribution in [1.82, 2.24) is 5.32 Å². The molecule has 0 aliphatic carbocycles. The Morgan fingerprint density at radius 1 is 0.900 bits per heavy atom. The predicted octanol–water partition coefficient (Wildman–Crippen LogP) is 5.62. The zero-order valence-electron chi connectivity index (χ0n) is 13.1. The lowest BCUT2D eigenvalue weighted by Crippen LogP contribution is -2.20. The summed E-state index contributed by atoms with van der Waals surface area (Å²) in [6.07, 6.45) is 10.5. The van der Waals surface area contributed by atoms with E-state index in [2.05, 4.69) is 19.2 Å². The zero-order chi connectivity index (χ0) is 14.6.